The highest BCUT2D eigenvalue weighted by Crippen LogP contribution is 2.21. The van der Waals surface area contributed by atoms with Crippen LogP contribution in [0, 0.1) is 11.8 Å². The minimum atomic E-state index is -0.749. The van der Waals surface area contributed by atoms with E-state index in [-0.39, 0.29) is 42.3 Å². The van der Waals surface area contributed by atoms with Crippen LogP contribution in [0.4, 0.5) is 4.79 Å². The summed E-state index contributed by atoms with van der Waals surface area (Å²) in [5, 5.41) is 2.71. The second kappa shape index (κ2) is 12.9. The van der Waals surface area contributed by atoms with Crippen molar-refractivity contribution in [1.29, 1.82) is 0 Å². The van der Waals surface area contributed by atoms with Crippen molar-refractivity contribution in [2.24, 2.45) is 11.8 Å². The lowest BCUT2D eigenvalue weighted by Crippen LogP contribution is -2.55. The van der Waals surface area contributed by atoms with Gasteiger partial charge < -0.3 is 19.7 Å². The molecule has 0 aromatic carbocycles. The maximum atomic E-state index is 12.9. The third-order valence-corrected chi connectivity index (χ3v) is 5.57. The molecule has 182 valence electrons. The molecule has 0 aromatic rings. The Morgan fingerprint density at radius 2 is 1.52 bits per heavy atom. The van der Waals surface area contributed by atoms with E-state index in [1.807, 2.05) is 20.8 Å². The topological polar surface area (TPSA) is 88.2 Å². The standard InChI is InChI=1S/C23H45N3O5/c1-12-16(5)20(17(13-2)30-11)25(9)18(27)14-24-21(28)19(15(3)4)26(10)22(29)31-23(6,7)8/h15-17,19-20H,12-14H2,1-11H3,(H,24,28)/t16-,17+,19?,20-/m0/s1. The molecule has 0 saturated heterocycles. The number of hydrogen-bond acceptors (Lipinski definition) is 5. The van der Waals surface area contributed by atoms with Gasteiger partial charge in [0.05, 0.1) is 18.7 Å². The molecule has 0 aromatic heterocycles. The Labute approximate surface area is 189 Å². The van der Waals surface area contributed by atoms with Crippen molar-refractivity contribution in [1.82, 2.24) is 15.1 Å². The largest absolute Gasteiger partial charge is 0.444 e. The molecular weight excluding hydrogens is 398 g/mol. The lowest BCUT2D eigenvalue weighted by atomic mass is 9.91. The van der Waals surface area contributed by atoms with E-state index in [0.717, 1.165) is 12.8 Å². The van der Waals surface area contributed by atoms with Gasteiger partial charge in [0.15, 0.2) is 0 Å². The first-order valence-corrected chi connectivity index (χ1v) is 11.2. The zero-order valence-corrected chi connectivity index (χ0v) is 21.4. The van der Waals surface area contributed by atoms with Crippen LogP contribution in [0.3, 0.4) is 0 Å². The van der Waals surface area contributed by atoms with E-state index in [0.29, 0.717) is 0 Å². The van der Waals surface area contributed by atoms with Gasteiger partial charge in [-0.05, 0) is 39.0 Å². The lowest BCUT2D eigenvalue weighted by molar-refractivity contribution is -0.138. The Hall–Kier alpha value is -1.83. The molecule has 0 spiro atoms. The number of nitrogens with one attached hydrogen (secondary N) is 1. The van der Waals surface area contributed by atoms with Crippen molar-refractivity contribution in [2.45, 2.75) is 92.0 Å². The number of carbonyl (C=O) groups is 3. The Kier molecular flexibility index (Phi) is 12.1. The highest BCUT2D eigenvalue weighted by molar-refractivity contribution is 5.89. The predicted octanol–water partition coefficient (Wildman–Crippen LogP) is 3.29. The lowest BCUT2D eigenvalue weighted by Gasteiger charge is -2.37. The van der Waals surface area contributed by atoms with E-state index >= 15 is 0 Å². The summed E-state index contributed by atoms with van der Waals surface area (Å²) < 4.78 is 11.0. The Bertz CT molecular complexity index is 584. The van der Waals surface area contributed by atoms with E-state index in [1.165, 1.54) is 11.9 Å². The van der Waals surface area contributed by atoms with Gasteiger partial charge in [0, 0.05) is 21.2 Å². The molecule has 0 aliphatic rings. The molecule has 0 saturated carbocycles. The number of hydrogen-bond donors (Lipinski definition) is 1. The Morgan fingerprint density at radius 1 is 0.968 bits per heavy atom. The second-order valence-corrected chi connectivity index (χ2v) is 9.56. The van der Waals surface area contributed by atoms with Gasteiger partial charge in [0.1, 0.15) is 11.6 Å². The first-order chi connectivity index (χ1) is 14.2. The summed E-state index contributed by atoms with van der Waals surface area (Å²) in [7, 11) is 4.94. The average Bonchev–Trinajstić information content (AvgIpc) is 2.67. The van der Waals surface area contributed by atoms with Crippen LogP contribution < -0.4 is 5.32 Å². The molecule has 0 bridgehead atoms. The van der Waals surface area contributed by atoms with Crippen LogP contribution in [0.25, 0.3) is 0 Å². The van der Waals surface area contributed by atoms with Crippen LogP contribution >= 0.6 is 0 Å². The number of methoxy groups -OCH3 is 1. The zero-order chi connectivity index (χ0) is 24.5. The summed E-state index contributed by atoms with van der Waals surface area (Å²) >= 11 is 0. The van der Waals surface area contributed by atoms with Crippen molar-refractivity contribution in [2.75, 3.05) is 27.7 Å². The second-order valence-electron chi connectivity index (χ2n) is 9.56. The zero-order valence-electron chi connectivity index (χ0n) is 21.4. The first kappa shape index (κ1) is 29.2. The van der Waals surface area contributed by atoms with Crippen LogP contribution in [0.5, 0.6) is 0 Å². The maximum absolute atomic E-state index is 12.9. The molecule has 0 aliphatic heterocycles. The number of ether oxygens (including phenoxy) is 2. The molecule has 1 unspecified atom stereocenters. The van der Waals surface area contributed by atoms with Crippen molar-refractivity contribution in [3.05, 3.63) is 0 Å². The molecule has 0 fully saturated rings. The monoisotopic (exact) mass is 443 g/mol. The van der Waals surface area contributed by atoms with E-state index in [2.05, 4.69) is 19.2 Å². The van der Waals surface area contributed by atoms with Gasteiger partial charge in [0.25, 0.3) is 0 Å². The highest BCUT2D eigenvalue weighted by Gasteiger charge is 2.34. The summed E-state index contributed by atoms with van der Waals surface area (Å²) in [6.07, 6.45) is 1.03. The molecule has 0 radical (unpaired) electrons. The smallest absolute Gasteiger partial charge is 0.410 e. The first-order valence-electron chi connectivity index (χ1n) is 11.2. The number of likely N-dealkylation sites (N-methyl/N-ethyl adjacent to an activating group) is 2. The van der Waals surface area contributed by atoms with Crippen molar-refractivity contribution >= 4 is 17.9 Å². The SMILES string of the molecule is CC[C@H](C)[C@@H]([C@@H](CC)OC)N(C)C(=O)CNC(=O)C(C(C)C)N(C)C(=O)OC(C)(C)C. The molecule has 8 heteroatoms. The maximum Gasteiger partial charge on any atom is 0.410 e. The van der Waals surface area contributed by atoms with Crippen LogP contribution in [0.1, 0.15) is 68.2 Å². The normalized spacial score (nSPS) is 15.6. The van der Waals surface area contributed by atoms with Crippen molar-refractivity contribution in [3.8, 4) is 0 Å². The molecule has 8 nitrogen and oxygen atoms in total. The fourth-order valence-corrected chi connectivity index (χ4v) is 3.72. The minimum absolute atomic E-state index is 0.0821. The van der Waals surface area contributed by atoms with Gasteiger partial charge in [-0.25, -0.2) is 4.79 Å². The molecule has 31 heavy (non-hydrogen) atoms. The number of amides is 3. The highest BCUT2D eigenvalue weighted by atomic mass is 16.6. The van der Waals surface area contributed by atoms with E-state index in [9.17, 15) is 14.4 Å². The Morgan fingerprint density at radius 3 is 1.90 bits per heavy atom. The molecule has 4 atom stereocenters. The van der Waals surface area contributed by atoms with Gasteiger partial charge in [0.2, 0.25) is 11.8 Å². The third-order valence-electron chi connectivity index (χ3n) is 5.57. The summed E-state index contributed by atoms with van der Waals surface area (Å²) in [6.45, 7) is 15.1. The number of rotatable bonds is 11. The van der Waals surface area contributed by atoms with E-state index < -0.39 is 17.7 Å². The quantitative estimate of drug-likeness (QED) is 0.529. The van der Waals surface area contributed by atoms with Crippen molar-refractivity contribution < 1.29 is 23.9 Å². The number of carbonyl (C=O) groups excluding carboxylic acids is 3. The summed E-state index contributed by atoms with van der Waals surface area (Å²) in [6, 6.07) is -0.838. The van der Waals surface area contributed by atoms with E-state index in [4.69, 9.17) is 9.47 Å². The average molecular weight is 444 g/mol. The van der Waals surface area contributed by atoms with E-state index in [1.54, 1.807) is 39.8 Å². The van der Waals surface area contributed by atoms with Crippen molar-refractivity contribution in [3.63, 3.8) is 0 Å². The number of nitrogens with zero attached hydrogens (tertiary/aromatic N) is 2. The van der Waals surface area contributed by atoms with Crippen LogP contribution in [-0.4, -0.2) is 79.2 Å². The minimum Gasteiger partial charge on any atom is -0.444 e. The fourth-order valence-electron chi connectivity index (χ4n) is 3.72. The molecule has 0 heterocycles. The van der Waals surface area contributed by atoms with Gasteiger partial charge in [-0.3, -0.25) is 14.5 Å². The summed E-state index contributed by atoms with van der Waals surface area (Å²) in [4.78, 5) is 41.1. The molecule has 1 N–H and O–H groups in total. The summed E-state index contributed by atoms with van der Waals surface area (Å²) in [5.41, 5.74) is -0.663. The predicted molar refractivity (Wildman–Crippen MR) is 123 cm³/mol. The van der Waals surface area contributed by atoms with Gasteiger partial charge in [-0.15, -0.1) is 0 Å². The molecule has 0 rings (SSSR count). The van der Waals surface area contributed by atoms with Gasteiger partial charge in [-0.1, -0.05) is 41.0 Å². The van der Waals surface area contributed by atoms with Crippen LogP contribution in [-0.2, 0) is 19.1 Å². The molecule has 0 aliphatic carbocycles. The third kappa shape index (κ3) is 9.05. The molecule has 3 amide bonds. The molecular formula is C23H45N3O5. The Balaban J connectivity index is 5.27. The summed E-state index contributed by atoms with van der Waals surface area (Å²) in [5.74, 6) is -0.493. The van der Waals surface area contributed by atoms with Gasteiger partial charge >= 0.3 is 6.09 Å². The van der Waals surface area contributed by atoms with Gasteiger partial charge in [-0.2, -0.15) is 0 Å². The fraction of sp³-hybridized carbons (Fsp3) is 0.870. The van der Waals surface area contributed by atoms with Crippen LogP contribution in [0.15, 0.2) is 0 Å². The van der Waals surface area contributed by atoms with Crippen LogP contribution in [0.2, 0.25) is 0 Å².